The van der Waals surface area contributed by atoms with E-state index in [1.54, 1.807) is 0 Å². The minimum absolute atomic E-state index is 0. The summed E-state index contributed by atoms with van der Waals surface area (Å²) in [5.41, 5.74) is 0. The number of hydrogen-bond donors (Lipinski definition) is 0. The normalized spacial score (nSPS) is 6.33. The molecular formula is B2CaO3. The molecule has 0 N–H and O–H groups in total. The van der Waals surface area contributed by atoms with Gasteiger partial charge in [-0.1, -0.05) is 0 Å². The van der Waals surface area contributed by atoms with Crippen LogP contribution < -0.4 is 10.0 Å². The van der Waals surface area contributed by atoms with Gasteiger partial charge in [0.15, 0.2) is 0 Å². The largest absolute Gasteiger partial charge is 2.00 e. The van der Waals surface area contributed by atoms with Gasteiger partial charge >= 0.3 is 37.7 Å². The Hall–Kier alpha value is 1.27. The summed E-state index contributed by atoms with van der Waals surface area (Å²) in [4.78, 5) is 0. The number of hydrogen-bond acceptors (Lipinski definition) is 3. The molecular weight excluding hydrogens is 110 g/mol. The molecule has 0 saturated heterocycles. The third kappa shape index (κ3) is 8.99. The average Bonchev–Trinajstić information content (AvgIpc) is 1.38. The third-order valence-corrected chi connectivity index (χ3v) is 0.111. The Labute approximate surface area is 67.3 Å². The van der Waals surface area contributed by atoms with Crippen LogP contribution in [0.2, 0.25) is 0 Å². The van der Waals surface area contributed by atoms with Crippen LogP contribution in [-0.4, -0.2) is 53.1 Å². The van der Waals surface area contributed by atoms with Crippen molar-refractivity contribution in [3.8, 4) is 0 Å². The van der Waals surface area contributed by atoms with Crippen molar-refractivity contribution >= 4 is 53.1 Å². The summed E-state index contributed by atoms with van der Waals surface area (Å²) in [6, 6.07) is 0. The van der Waals surface area contributed by atoms with Gasteiger partial charge in [-0.15, -0.1) is 0 Å². The predicted molar refractivity (Wildman–Crippen MR) is 18.3 cm³/mol. The first-order chi connectivity index (χ1) is 2.27. The van der Waals surface area contributed by atoms with E-state index in [0.717, 1.165) is 0 Å². The molecule has 0 aliphatic rings. The first-order valence-corrected chi connectivity index (χ1v) is 0.943. The smallest absolute Gasteiger partial charge is 0.872 e. The molecule has 0 unspecified atom stereocenters. The number of rotatable bonds is 1. The van der Waals surface area contributed by atoms with Crippen molar-refractivity contribution < 1.29 is 14.6 Å². The monoisotopic (exact) mass is 110 g/mol. The van der Waals surface area contributed by atoms with E-state index in [2.05, 4.69) is 12.6 Å². The summed E-state index contributed by atoms with van der Waals surface area (Å²) in [7, 11) is 1.71. The van der Waals surface area contributed by atoms with Gasteiger partial charge in [0.2, 0.25) is 0 Å². The van der Waals surface area contributed by atoms with Gasteiger partial charge in [-0.25, -0.2) is 0 Å². The molecule has 2 radical (unpaired) electrons. The molecule has 0 aliphatic carbocycles. The molecule has 0 bridgehead atoms. The van der Waals surface area contributed by atoms with Crippen molar-refractivity contribution in [2.45, 2.75) is 0 Å². The fraction of sp³-hybridized carbons (Fsp3) is 0. The van der Waals surface area contributed by atoms with Gasteiger partial charge in [0.25, 0.3) is 8.05 Å². The second-order valence-electron chi connectivity index (χ2n) is 0.425. The first-order valence-electron chi connectivity index (χ1n) is 0.943. The van der Waals surface area contributed by atoms with Crippen molar-refractivity contribution in [2.24, 2.45) is 0 Å². The van der Waals surface area contributed by atoms with E-state index < -0.39 is 7.32 Å². The van der Waals surface area contributed by atoms with Crippen molar-refractivity contribution in [2.75, 3.05) is 0 Å². The molecule has 0 aromatic carbocycles. The van der Waals surface area contributed by atoms with Crippen molar-refractivity contribution in [1.29, 1.82) is 0 Å². The molecule has 0 heterocycles. The summed E-state index contributed by atoms with van der Waals surface area (Å²) < 4.78 is 3.14. The van der Waals surface area contributed by atoms with E-state index in [-0.39, 0.29) is 37.7 Å². The Morgan fingerprint density at radius 1 is 1.50 bits per heavy atom. The van der Waals surface area contributed by atoms with Gasteiger partial charge in [0.1, 0.15) is 0 Å². The summed E-state index contributed by atoms with van der Waals surface area (Å²) in [5, 5.41) is 18.0. The van der Waals surface area contributed by atoms with Crippen LogP contribution in [0.5, 0.6) is 0 Å². The van der Waals surface area contributed by atoms with Crippen LogP contribution in [0.4, 0.5) is 0 Å². The quantitative estimate of drug-likeness (QED) is 0.327. The van der Waals surface area contributed by atoms with Crippen molar-refractivity contribution in [1.82, 2.24) is 0 Å². The Bertz CT molecular complexity index is 22.8. The average molecular weight is 110 g/mol. The van der Waals surface area contributed by atoms with Crippen LogP contribution in [-0.2, 0) is 4.57 Å². The maximum absolute atomic E-state index is 8.99. The van der Waals surface area contributed by atoms with Crippen LogP contribution in [0.1, 0.15) is 0 Å². The van der Waals surface area contributed by atoms with E-state index in [0.29, 0.717) is 0 Å². The molecule has 0 aromatic rings. The molecule has 0 aliphatic heterocycles. The summed E-state index contributed by atoms with van der Waals surface area (Å²) in [6.45, 7) is 0. The topological polar surface area (TPSA) is 55.3 Å². The van der Waals surface area contributed by atoms with E-state index in [9.17, 15) is 0 Å². The Balaban J connectivity index is 0. The van der Waals surface area contributed by atoms with Gasteiger partial charge in [-0.3, -0.25) is 0 Å². The predicted octanol–water partition coefficient (Wildman–Crippen LogP) is -3.59. The van der Waals surface area contributed by atoms with Gasteiger partial charge in [-0.2, -0.15) is 0 Å². The standard InChI is InChI=1S/B2O3.Ca/c1-5-2(3)4;/q-2;+2. The summed E-state index contributed by atoms with van der Waals surface area (Å²) >= 11 is 0. The maximum Gasteiger partial charge on any atom is 2.00 e. The molecule has 0 aromatic heterocycles. The van der Waals surface area contributed by atoms with E-state index >= 15 is 0 Å². The first kappa shape index (κ1) is 10.3. The fourth-order valence-corrected chi connectivity index (χ4v) is 0. The van der Waals surface area contributed by atoms with Crippen molar-refractivity contribution in [3.63, 3.8) is 0 Å². The van der Waals surface area contributed by atoms with Gasteiger partial charge in [0, 0.05) is 7.32 Å². The molecule has 0 amide bonds. The molecule has 0 spiro atoms. The molecule has 26 valence electrons. The minimum Gasteiger partial charge on any atom is -0.872 e. The zero-order valence-corrected chi connectivity index (χ0v) is 5.29. The Morgan fingerprint density at radius 3 is 1.67 bits per heavy atom. The molecule has 0 saturated carbocycles. The van der Waals surface area contributed by atoms with Gasteiger partial charge < -0.3 is 14.6 Å². The van der Waals surface area contributed by atoms with Gasteiger partial charge in [-0.05, 0) is 0 Å². The SMILES string of the molecule is [B]OB([O-])[O-].[Ca+2]. The zero-order chi connectivity index (χ0) is 4.28. The molecule has 6 heteroatoms. The summed E-state index contributed by atoms with van der Waals surface area (Å²) in [5.74, 6) is 0. The third-order valence-electron chi connectivity index (χ3n) is 0.111. The second kappa shape index (κ2) is 6.27. The van der Waals surface area contributed by atoms with Crippen LogP contribution in [0.15, 0.2) is 0 Å². The van der Waals surface area contributed by atoms with Crippen LogP contribution in [0.3, 0.4) is 0 Å². The zero-order valence-electron chi connectivity index (χ0n) is 3.09. The summed E-state index contributed by atoms with van der Waals surface area (Å²) in [6.07, 6.45) is 0. The molecule has 0 fully saturated rings. The fourth-order valence-electron chi connectivity index (χ4n) is 0. The molecule has 6 heavy (non-hydrogen) atoms. The minimum atomic E-state index is -2.34. The van der Waals surface area contributed by atoms with E-state index in [1.165, 1.54) is 0 Å². The molecule has 3 nitrogen and oxygen atoms in total. The Kier molecular flexibility index (Phi) is 10.8. The van der Waals surface area contributed by atoms with Crippen molar-refractivity contribution in [3.05, 3.63) is 0 Å². The Morgan fingerprint density at radius 2 is 1.67 bits per heavy atom. The van der Waals surface area contributed by atoms with Gasteiger partial charge in [0.05, 0.1) is 0 Å². The van der Waals surface area contributed by atoms with E-state index in [4.69, 9.17) is 10.0 Å². The molecule has 0 rings (SSSR count). The second-order valence-corrected chi connectivity index (χ2v) is 0.425. The maximum atomic E-state index is 8.99. The molecule has 0 atom stereocenters. The van der Waals surface area contributed by atoms with E-state index in [1.807, 2.05) is 0 Å². The van der Waals surface area contributed by atoms with Crippen LogP contribution in [0.25, 0.3) is 0 Å². The van der Waals surface area contributed by atoms with Crippen LogP contribution >= 0.6 is 0 Å². The van der Waals surface area contributed by atoms with Crippen LogP contribution in [0, 0.1) is 0 Å².